The van der Waals surface area contributed by atoms with Crippen molar-refractivity contribution in [3.63, 3.8) is 0 Å². The van der Waals surface area contributed by atoms with Crippen LogP contribution < -0.4 is 15.4 Å². The third-order valence-corrected chi connectivity index (χ3v) is 5.55. The molecule has 2 N–H and O–H groups in total. The van der Waals surface area contributed by atoms with Gasteiger partial charge >= 0.3 is 0 Å². The average molecular weight is 416 g/mol. The molecule has 3 rings (SSSR count). The Kier molecular flexibility index (Phi) is 7.92. The zero-order chi connectivity index (χ0) is 20.6. The maximum Gasteiger partial charge on any atom is 0.262 e. The second-order valence-electron chi connectivity index (χ2n) is 7.51. The lowest BCUT2D eigenvalue weighted by Crippen LogP contribution is -2.37. The minimum atomic E-state index is -0.188. The van der Waals surface area contributed by atoms with E-state index in [1.807, 2.05) is 43.3 Å². The molecule has 1 heterocycles. The Morgan fingerprint density at radius 3 is 2.79 bits per heavy atom. The van der Waals surface area contributed by atoms with E-state index in [0.29, 0.717) is 23.4 Å². The molecule has 1 fully saturated rings. The van der Waals surface area contributed by atoms with E-state index in [1.54, 1.807) is 6.07 Å². The first-order chi connectivity index (χ1) is 14.0. The van der Waals surface area contributed by atoms with Crippen LogP contribution in [-0.4, -0.2) is 43.1 Å². The third-order valence-electron chi connectivity index (χ3n) is 5.32. The number of halogens is 1. The van der Waals surface area contributed by atoms with Crippen molar-refractivity contribution in [3.05, 3.63) is 58.6 Å². The third kappa shape index (κ3) is 6.46. The number of aryl methyl sites for hydroxylation is 1. The van der Waals surface area contributed by atoms with Crippen LogP contribution in [0.2, 0.25) is 5.02 Å². The van der Waals surface area contributed by atoms with Crippen LogP contribution >= 0.6 is 11.6 Å². The molecular formula is C23H30ClN3O2. The Bertz CT molecular complexity index is 810. The summed E-state index contributed by atoms with van der Waals surface area (Å²) in [5, 5.41) is 7.04. The standard InChI is InChI=1S/C23H30ClN3O2/c1-3-27-12-4-5-21(27)15-25-14-18-13-19(24)8-11-22(18)29-16-23(28)26-20-9-6-17(2)7-10-20/h6-11,13,21,25H,3-5,12,14-16H2,1-2H3,(H,26,28)/t21-/m1/s1. The summed E-state index contributed by atoms with van der Waals surface area (Å²) >= 11 is 6.18. The van der Waals surface area contributed by atoms with Gasteiger partial charge in [-0.1, -0.05) is 36.2 Å². The molecule has 0 unspecified atom stereocenters. The number of carbonyl (C=O) groups is 1. The molecule has 1 aliphatic heterocycles. The summed E-state index contributed by atoms with van der Waals surface area (Å²) in [6.07, 6.45) is 2.50. The average Bonchev–Trinajstić information content (AvgIpc) is 3.16. The minimum absolute atomic E-state index is 0.0469. The van der Waals surface area contributed by atoms with Crippen molar-refractivity contribution < 1.29 is 9.53 Å². The minimum Gasteiger partial charge on any atom is -0.483 e. The molecule has 0 saturated carbocycles. The number of hydrogen-bond acceptors (Lipinski definition) is 4. The number of rotatable bonds is 9. The van der Waals surface area contributed by atoms with E-state index < -0.39 is 0 Å². The molecule has 1 saturated heterocycles. The Labute approximate surface area is 178 Å². The van der Waals surface area contributed by atoms with E-state index in [2.05, 4.69) is 22.5 Å². The van der Waals surface area contributed by atoms with Gasteiger partial charge < -0.3 is 15.4 Å². The van der Waals surface area contributed by atoms with Gasteiger partial charge in [-0.15, -0.1) is 0 Å². The summed E-state index contributed by atoms with van der Waals surface area (Å²) < 4.78 is 5.79. The van der Waals surface area contributed by atoms with E-state index >= 15 is 0 Å². The molecular weight excluding hydrogens is 386 g/mol. The largest absolute Gasteiger partial charge is 0.483 e. The maximum absolute atomic E-state index is 12.2. The second kappa shape index (κ2) is 10.6. The monoisotopic (exact) mass is 415 g/mol. The molecule has 29 heavy (non-hydrogen) atoms. The lowest BCUT2D eigenvalue weighted by Gasteiger charge is -2.23. The van der Waals surface area contributed by atoms with Crippen LogP contribution in [0.25, 0.3) is 0 Å². The van der Waals surface area contributed by atoms with Crippen molar-refractivity contribution in [1.29, 1.82) is 0 Å². The molecule has 1 amide bonds. The molecule has 0 aliphatic carbocycles. The molecule has 2 aromatic rings. The highest BCUT2D eigenvalue weighted by atomic mass is 35.5. The predicted octanol–water partition coefficient (Wildman–Crippen LogP) is 4.24. The fourth-order valence-electron chi connectivity index (χ4n) is 3.72. The number of benzene rings is 2. The number of ether oxygens (including phenoxy) is 1. The number of anilines is 1. The molecule has 1 aliphatic rings. The Balaban J connectivity index is 1.52. The number of carbonyl (C=O) groups excluding carboxylic acids is 1. The van der Waals surface area contributed by atoms with Crippen LogP contribution in [-0.2, 0) is 11.3 Å². The number of likely N-dealkylation sites (tertiary alicyclic amines) is 1. The van der Waals surface area contributed by atoms with Crippen LogP contribution in [0.1, 0.15) is 30.9 Å². The SMILES string of the molecule is CCN1CCC[C@@H]1CNCc1cc(Cl)ccc1OCC(=O)Nc1ccc(C)cc1. The number of amides is 1. The zero-order valence-corrected chi connectivity index (χ0v) is 18.0. The number of hydrogen-bond donors (Lipinski definition) is 2. The highest BCUT2D eigenvalue weighted by Gasteiger charge is 2.22. The van der Waals surface area contributed by atoms with E-state index in [4.69, 9.17) is 16.3 Å². The van der Waals surface area contributed by atoms with Gasteiger partial charge in [-0.3, -0.25) is 9.69 Å². The van der Waals surface area contributed by atoms with Crippen LogP contribution in [0.3, 0.4) is 0 Å². The summed E-state index contributed by atoms with van der Waals surface area (Å²) in [5.74, 6) is 0.493. The van der Waals surface area contributed by atoms with Gasteiger partial charge in [0.1, 0.15) is 5.75 Å². The summed E-state index contributed by atoms with van der Waals surface area (Å²) in [6.45, 7) is 8.05. The lowest BCUT2D eigenvalue weighted by molar-refractivity contribution is -0.118. The van der Waals surface area contributed by atoms with Crippen molar-refractivity contribution >= 4 is 23.2 Å². The van der Waals surface area contributed by atoms with Gasteiger partial charge in [0.05, 0.1) is 0 Å². The first-order valence-corrected chi connectivity index (χ1v) is 10.7. The van der Waals surface area contributed by atoms with Crippen LogP contribution in [0.5, 0.6) is 5.75 Å². The van der Waals surface area contributed by atoms with Crippen LogP contribution in [0, 0.1) is 6.92 Å². The topological polar surface area (TPSA) is 53.6 Å². The fraction of sp³-hybridized carbons (Fsp3) is 0.435. The van der Waals surface area contributed by atoms with E-state index in [-0.39, 0.29) is 12.5 Å². The molecule has 2 aromatic carbocycles. The second-order valence-corrected chi connectivity index (χ2v) is 7.95. The molecule has 0 radical (unpaired) electrons. The summed E-state index contributed by atoms with van der Waals surface area (Å²) in [6, 6.07) is 13.8. The molecule has 6 heteroatoms. The molecule has 0 bridgehead atoms. The molecule has 1 atom stereocenters. The van der Waals surface area contributed by atoms with E-state index in [0.717, 1.165) is 29.9 Å². The van der Waals surface area contributed by atoms with Gasteiger partial charge in [-0.05, 0) is 63.2 Å². The zero-order valence-electron chi connectivity index (χ0n) is 17.2. The summed E-state index contributed by atoms with van der Waals surface area (Å²) in [7, 11) is 0. The van der Waals surface area contributed by atoms with E-state index in [9.17, 15) is 4.79 Å². The van der Waals surface area contributed by atoms with Crippen molar-refractivity contribution in [1.82, 2.24) is 10.2 Å². The van der Waals surface area contributed by atoms with Gasteiger partial charge in [0.15, 0.2) is 6.61 Å². The van der Waals surface area contributed by atoms with Gasteiger partial charge in [-0.2, -0.15) is 0 Å². The number of nitrogens with one attached hydrogen (secondary N) is 2. The highest BCUT2D eigenvalue weighted by molar-refractivity contribution is 6.30. The summed E-state index contributed by atoms with van der Waals surface area (Å²) in [4.78, 5) is 14.7. The van der Waals surface area contributed by atoms with Gasteiger partial charge in [0, 0.05) is 35.4 Å². The van der Waals surface area contributed by atoms with Crippen molar-refractivity contribution in [2.75, 3.05) is 31.6 Å². The van der Waals surface area contributed by atoms with Gasteiger partial charge in [0.25, 0.3) is 5.91 Å². The first-order valence-electron chi connectivity index (χ1n) is 10.3. The predicted molar refractivity (Wildman–Crippen MR) is 119 cm³/mol. The quantitative estimate of drug-likeness (QED) is 0.643. The Morgan fingerprint density at radius 1 is 1.24 bits per heavy atom. The maximum atomic E-state index is 12.2. The fourth-order valence-corrected chi connectivity index (χ4v) is 3.92. The molecule has 5 nitrogen and oxygen atoms in total. The Morgan fingerprint density at radius 2 is 2.03 bits per heavy atom. The lowest BCUT2D eigenvalue weighted by atomic mass is 10.1. The smallest absolute Gasteiger partial charge is 0.262 e. The number of likely N-dealkylation sites (N-methyl/N-ethyl adjacent to an activating group) is 1. The van der Waals surface area contributed by atoms with Gasteiger partial charge in [-0.25, -0.2) is 0 Å². The number of nitrogens with zero attached hydrogens (tertiary/aromatic N) is 1. The van der Waals surface area contributed by atoms with E-state index in [1.165, 1.54) is 19.4 Å². The summed E-state index contributed by atoms with van der Waals surface area (Å²) in [5.41, 5.74) is 2.87. The van der Waals surface area contributed by atoms with Crippen molar-refractivity contribution in [2.45, 2.75) is 39.3 Å². The molecule has 0 aromatic heterocycles. The van der Waals surface area contributed by atoms with Crippen LogP contribution in [0.4, 0.5) is 5.69 Å². The van der Waals surface area contributed by atoms with Gasteiger partial charge in [0.2, 0.25) is 0 Å². The first kappa shape index (κ1) is 21.6. The highest BCUT2D eigenvalue weighted by Crippen LogP contribution is 2.23. The molecule has 0 spiro atoms. The van der Waals surface area contributed by atoms with Crippen molar-refractivity contribution in [2.24, 2.45) is 0 Å². The Hall–Kier alpha value is -2.08. The molecule has 156 valence electrons. The normalized spacial score (nSPS) is 16.7. The van der Waals surface area contributed by atoms with Crippen molar-refractivity contribution in [3.8, 4) is 5.75 Å². The van der Waals surface area contributed by atoms with Crippen LogP contribution in [0.15, 0.2) is 42.5 Å².